The molecule has 1 saturated carbocycles. The van der Waals surface area contributed by atoms with Crippen molar-refractivity contribution in [1.82, 2.24) is 4.90 Å². The van der Waals surface area contributed by atoms with E-state index in [0.29, 0.717) is 18.1 Å². The molecule has 5 nitrogen and oxygen atoms in total. The Hall–Kier alpha value is -2.53. The molecule has 0 spiro atoms. The van der Waals surface area contributed by atoms with Gasteiger partial charge in [0.2, 0.25) is 5.91 Å². The van der Waals surface area contributed by atoms with E-state index in [4.69, 9.17) is 11.6 Å². The Labute approximate surface area is 170 Å². The molecule has 0 bridgehead atoms. The van der Waals surface area contributed by atoms with Crippen LogP contribution >= 0.6 is 11.6 Å². The average molecular weight is 398 g/mol. The van der Waals surface area contributed by atoms with Crippen molar-refractivity contribution in [2.45, 2.75) is 32.2 Å². The van der Waals surface area contributed by atoms with E-state index in [-0.39, 0.29) is 17.9 Å². The number of nitrogens with zero attached hydrogens (tertiary/aromatic N) is 2. The summed E-state index contributed by atoms with van der Waals surface area (Å²) in [5, 5.41) is 3.65. The summed E-state index contributed by atoms with van der Waals surface area (Å²) in [6.45, 7) is 1.97. The summed E-state index contributed by atoms with van der Waals surface area (Å²) >= 11 is 6.06. The zero-order chi connectivity index (χ0) is 19.5. The third-order valence-electron chi connectivity index (χ3n) is 5.50. The molecule has 2 fully saturated rings. The highest BCUT2D eigenvalue weighted by Crippen LogP contribution is 2.28. The van der Waals surface area contributed by atoms with Crippen molar-refractivity contribution in [2.24, 2.45) is 5.92 Å². The first-order valence-electron chi connectivity index (χ1n) is 9.82. The zero-order valence-corrected chi connectivity index (χ0v) is 16.5. The van der Waals surface area contributed by atoms with Gasteiger partial charge in [-0.1, -0.05) is 30.2 Å². The number of carbonyl (C=O) groups is 2. The van der Waals surface area contributed by atoms with Gasteiger partial charge < -0.3 is 10.2 Å². The van der Waals surface area contributed by atoms with E-state index in [1.54, 1.807) is 4.90 Å². The topological polar surface area (TPSA) is 52.7 Å². The quantitative estimate of drug-likeness (QED) is 0.779. The Morgan fingerprint density at radius 2 is 1.86 bits per heavy atom. The lowest BCUT2D eigenvalue weighted by Gasteiger charge is -2.35. The second-order valence-electron chi connectivity index (χ2n) is 7.50. The highest BCUT2D eigenvalue weighted by Gasteiger charge is 2.27. The summed E-state index contributed by atoms with van der Waals surface area (Å²) in [5.74, 6) is 0.254. The maximum Gasteiger partial charge on any atom is 0.324 e. The third kappa shape index (κ3) is 4.14. The number of urea groups is 1. The molecule has 1 aliphatic carbocycles. The molecule has 28 heavy (non-hydrogen) atoms. The Morgan fingerprint density at radius 3 is 2.54 bits per heavy atom. The van der Waals surface area contributed by atoms with Crippen molar-refractivity contribution < 1.29 is 9.59 Å². The number of amides is 3. The molecule has 146 valence electrons. The Kier molecular flexibility index (Phi) is 5.53. The first kappa shape index (κ1) is 18.8. The molecule has 1 N–H and O–H groups in total. The van der Waals surface area contributed by atoms with Crippen molar-refractivity contribution in [3.05, 3.63) is 59.1 Å². The van der Waals surface area contributed by atoms with Gasteiger partial charge in [0.25, 0.3) is 0 Å². The molecule has 3 amide bonds. The van der Waals surface area contributed by atoms with Crippen LogP contribution in [0.25, 0.3) is 0 Å². The first-order valence-corrected chi connectivity index (χ1v) is 10.2. The van der Waals surface area contributed by atoms with Gasteiger partial charge in [-0.05, 0) is 61.2 Å². The highest BCUT2D eigenvalue weighted by molar-refractivity contribution is 6.30. The third-order valence-corrected chi connectivity index (χ3v) is 5.73. The molecule has 4 rings (SSSR count). The van der Waals surface area contributed by atoms with E-state index in [2.05, 4.69) is 5.32 Å². The molecular formula is C22H24ClN3O2. The molecule has 0 atom stereocenters. The number of hydrogen-bond donors (Lipinski definition) is 1. The number of rotatable bonds is 5. The molecule has 0 radical (unpaired) electrons. The van der Waals surface area contributed by atoms with Gasteiger partial charge in [0.15, 0.2) is 0 Å². The van der Waals surface area contributed by atoms with Crippen LogP contribution in [0.5, 0.6) is 0 Å². The lowest BCUT2D eigenvalue weighted by molar-refractivity contribution is -0.122. The van der Waals surface area contributed by atoms with E-state index in [1.165, 1.54) is 0 Å². The Morgan fingerprint density at radius 1 is 1.07 bits per heavy atom. The van der Waals surface area contributed by atoms with Crippen LogP contribution in [0.1, 0.15) is 31.2 Å². The minimum absolute atomic E-state index is 0.00233. The van der Waals surface area contributed by atoms with Crippen molar-refractivity contribution in [3.8, 4) is 0 Å². The molecule has 2 aromatic rings. The van der Waals surface area contributed by atoms with E-state index in [9.17, 15) is 9.59 Å². The van der Waals surface area contributed by atoms with Gasteiger partial charge in [0, 0.05) is 41.9 Å². The van der Waals surface area contributed by atoms with Crippen LogP contribution in [0.4, 0.5) is 16.2 Å². The average Bonchev–Trinajstić information content (AvgIpc) is 2.63. The molecule has 0 unspecified atom stereocenters. The molecule has 1 saturated heterocycles. The lowest BCUT2D eigenvalue weighted by atomic mass is 9.85. The molecule has 2 aromatic carbocycles. The maximum absolute atomic E-state index is 13.0. The number of carbonyl (C=O) groups excluding carboxylic acids is 2. The smallest absolute Gasteiger partial charge is 0.324 e. The Bertz CT molecular complexity index is 864. The lowest BCUT2D eigenvalue weighted by Crippen LogP contribution is -2.49. The Balaban J connectivity index is 1.41. The van der Waals surface area contributed by atoms with Gasteiger partial charge >= 0.3 is 6.03 Å². The van der Waals surface area contributed by atoms with Crippen molar-refractivity contribution in [1.29, 1.82) is 0 Å². The van der Waals surface area contributed by atoms with Crippen LogP contribution in [0, 0.1) is 5.92 Å². The van der Waals surface area contributed by atoms with Gasteiger partial charge in [0.1, 0.15) is 0 Å². The number of halogens is 1. The normalized spacial score (nSPS) is 17.4. The van der Waals surface area contributed by atoms with Gasteiger partial charge in [-0.15, -0.1) is 0 Å². The molecule has 2 aliphatic rings. The summed E-state index contributed by atoms with van der Waals surface area (Å²) in [7, 11) is 0. The van der Waals surface area contributed by atoms with E-state index < -0.39 is 0 Å². The predicted molar refractivity (Wildman–Crippen MR) is 112 cm³/mol. The van der Waals surface area contributed by atoms with Crippen molar-refractivity contribution >= 4 is 34.9 Å². The summed E-state index contributed by atoms with van der Waals surface area (Å²) < 4.78 is 0. The second-order valence-corrected chi connectivity index (χ2v) is 7.94. The standard InChI is InChI=1S/C22H24ClN3O2/c23-18-7-1-4-16(14-18)15-25-12-3-13-26(22(25)28)20-10-8-19(9-11-20)24-21(27)17-5-2-6-17/h1,4,7-11,14,17H,2-3,5-6,12-13,15H2,(H,24,27). The van der Waals surface area contributed by atoms with Crippen LogP contribution in [0.2, 0.25) is 5.02 Å². The fourth-order valence-corrected chi connectivity index (χ4v) is 3.88. The molecule has 0 aromatic heterocycles. The van der Waals surface area contributed by atoms with E-state index in [0.717, 1.165) is 49.2 Å². The molecular weight excluding hydrogens is 374 g/mol. The SMILES string of the molecule is O=C(Nc1ccc(N2CCCN(Cc3cccc(Cl)c3)C2=O)cc1)C1CCC1. The number of benzene rings is 2. The minimum atomic E-state index is -0.00233. The fraction of sp³-hybridized carbons (Fsp3) is 0.364. The summed E-state index contributed by atoms with van der Waals surface area (Å²) in [6.07, 6.45) is 4.01. The second kappa shape index (κ2) is 8.23. The number of hydrogen-bond acceptors (Lipinski definition) is 2. The molecule has 6 heteroatoms. The van der Waals surface area contributed by atoms with Gasteiger partial charge in [-0.25, -0.2) is 4.79 Å². The van der Waals surface area contributed by atoms with Crippen LogP contribution < -0.4 is 10.2 Å². The summed E-state index contributed by atoms with van der Waals surface area (Å²) in [4.78, 5) is 28.7. The first-order chi connectivity index (χ1) is 13.6. The van der Waals surface area contributed by atoms with Crippen molar-refractivity contribution in [3.63, 3.8) is 0 Å². The monoisotopic (exact) mass is 397 g/mol. The fourth-order valence-electron chi connectivity index (χ4n) is 3.66. The highest BCUT2D eigenvalue weighted by atomic mass is 35.5. The number of nitrogens with one attached hydrogen (secondary N) is 1. The van der Waals surface area contributed by atoms with Crippen molar-refractivity contribution in [2.75, 3.05) is 23.3 Å². The minimum Gasteiger partial charge on any atom is -0.326 e. The molecule has 1 aliphatic heterocycles. The largest absolute Gasteiger partial charge is 0.326 e. The van der Waals surface area contributed by atoms with Gasteiger partial charge in [-0.2, -0.15) is 0 Å². The van der Waals surface area contributed by atoms with Crippen LogP contribution in [-0.2, 0) is 11.3 Å². The van der Waals surface area contributed by atoms with Crippen LogP contribution in [-0.4, -0.2) is 29.9 Å². The van der Waals surface area contributed by atoms with Gasteiger partial charge in [0.05, 0.1) is 0 Å². The predicted octanol–water partition coefficient (Wildman–Crippen LogP) is 4.91. The summed E-state index contributed by atoms with van der Waals surface area (Å²) in [6, 6.07) is 15.2. The van der Waals surface area contributed by atoms with Crippen LogP contribution in [0.15, 0.2) is 48.5 Å². The zero-order valence-electron chi connectivity index (χ0n) is 15.7. The maximum atomic E-state index is 13.0. The molecule has 1 heterocycles. The van der Waals surface area contributed by atoms with E-state index >= 15 is 0 Å². The van der Waals surface area contributed by atoms with Gasteiger partial charge in [-0.3, -0.25) is 9.69 Å². The number of anilines is 2. The summed E-state index contributed by atoms with van der Waals surface area (Å²) in [5.41, 5.74) is 2.65. The van der Waals surface area contributed by atoms with Crippen LogP contribution in [0.3, 0.4) is 0 Å². The van der Waals surface area contributed by atoms with E-state index in [1.807, 2.05) is 53.4 Å².